The normalized spacial score (nSPS) is 9.89. The fourth-order valence-corrected chi connectivity index (χ4v) is 2.36. The molecule has 0 saturated carbocycles. The number of nitrogens with zero attached hydrogens (tertiary/aromatic N) is 2. The first-order chi connectivity index (χ1) is 9.10. The number of nitriles is 1. The fourth-order valence-electron chi connectivity index (χ4n) is 1.48. The summed E-state index contributed by atoms with van der Waals surface area (Å²) < 4.78 is 0. The molecule has 0 saturated heterocycles. The average Bonchev–Trinajstić information content (AvgIpc) is 2.87. The molecular formula is C12H8ClN3O2S. The van der Waals surface area contributed by atoms with Gasteiger partial charge >= 0.3 is 5.00 Å². The van der Waals surface area contributed by atoms with Gasteiger partial charge in [-0.1, -0.05) is 22.9 Å². The van der Waals surface area contributed by atoms with Gasteiger partial charge < -0.3 is 5.32 Å². The van der Waals surface area contributed by atoms with Gasteiger partial charge in [-0.25, -0.2) is 0 Å². The van der Waals surface area contributed by atoms with E-state index in [2.05, 4.69) is 5.32 Å². The highest BCUT2D eigenvalue weighted by molar-refractivity contribution is 7.13. The van der Waals surface area contributed by atoms with E-state index in [0.717, 1.165) is 22.6 Å². The van der Waals surface area contributed by atoms with E-state index >= 15 is 0 Å². The van der Waals surface area contributed by atoms with Crippen LogP contribution in [0.2, 0.25) is 5.02 Å². The van der Waals surface area contributed by atoms with Crippen molar-refractivity contribution in [2.75, 3.05) is 5.32 Å². The Balaban J connectivity index is 2.06. The lowest BCUT2D eigenvalue weighted by atomic mass is 10.2. The lowest BCUT2D eigenvalue weighted by Gasteiger charge is -2.05. The minimum atomic E-state index is -0.412. The maximum Gasteiger partial charge on any atom is 0.324 e. The molecule has 0 unspecified atom stereocenters. The quantitative estimate of drug-likeness (QED) is 0.687. The predicted octanol–water partition coefficient (Wildman–Crippen LogP) is 3.79. The molecule has 19 heavy (non-hydrogen) atoms. The number of rotatable bonds is 4. The highest BCUT2D eigenvalue weighted by Gasteiger charge is 2.09. The third-order valence-corrected chi connectivity index (χ3v) is 3.66. The van der Waals surface area contributed by atoms with E-state index in [1.165, 1.54) is 6.07 Å². The average molecular weight is 294 g/mol. The van der Waals surface area contributed by atoms with Crippen molar-refractivity contribution in [2.45, 2.75) is 6.54 Å². The summed E-state index contributed by atoms with van der Waals surface area (Å²) in [4.78, 5) is 10.1. The number of thiophene rings is 1. The highest BCUT2D eigenvalue weighted by Crippen LogP contribution is 2.24. The van der Waals surface area contributed by atoms with Crippen LogP contribution in [0.15, 0.2) is 29.6 Å². The molecule has 1 N–H and O–H groups in total. The number of nitro groups is 1. The Kier molecular flexibility index (Phi) is 4.00. The molecule has 0 aliphatic heterocycles. The van der Waals surface area contributed by atoms with Crippen molar-refractivity contribution < 1.29 is 4.92 Å². The van der Waals surface area contributed by atoms with Crippen LogP contribution in [0, 0.1) is 21.4 Å². The van der Waals surface area contributed by atoms with Gasteiger partial charge in [-0.2, -0.15) is 5.26 Å². The highest BCUT2D eigenvalue weighted by atomic mass is 35.5. The molecule has 2 rings (SSSR count). The third kappa shape index (κ3) is 3.22. The van der Waals surface area contributed by atoms with Gasteiger partial charge in [-0.15, -0.1) is 0 Å². The zero-order valence-electron chi connectivity index (χ0n) is 9.59. The van der Waals surface area contributed by atoms with Gasteiger partial charge in [-0.3, -0.25) is 10.1 Å². The van der Waals surface area contributed by atoms with Crippen molar-refractivity contribution in [3.63, 3.8) is 0 Å². The van der Waals surface area contributed by atoms with Gasteiger partial charge in [0.2, 0.25) is 0 Å². The van der Waals surface area contributed by atoms with Crippen molar-refractivity contribution in [3.8, 4) is 6.07 Å². The Hall–Kier alpha value is -2.10. The molecular weight excluding hydrogens is 286 g/mol. The van der Waals surface area contributed by atoms with E-state index < -0.39 is 4.92 Å². The molecule has 0 aliphatic carbocycles. The molecule has 0 radical (unpaired) electrons. The van der Waals surface area contributed by atoms with Gasteiger partial charge in [0, 0.05) is 23.7 Å². The van der Waals surface area contributed by atoms with E-state index in [-0.39, 0.29) is 5.00 Å². The summed E-state index contributed by atoms with van der Waals surface area (Å²) in [5.41, 5.74) is 1.96. The zero-order valence-corrected chi connectivity index (χ0v) is 11.2. The van der Waals surface area contributed by atoms with E-state index in [0.29, 0.717) is 17.1 Å². The third-order valence-electron chi connectivity index (χ3n) is 2.40. The van der Waals surface area contributed by atoms with E-state index in [1.54, 1.807) is 23.6 Å². The van der Waals surface area contributed by atoms with Crippen molar-refractivity contribution in [1.82, 2.24) is 0 Å². The molecule has 0 fully saturated rings. The fraction of sp³-hybridized carbons (Fsp3) is 0.0833. The smallest absolute Gasteiger partial charge is 0.324 e. The number of halogens is 1. The molecule has 0 spiro atoms. The zero-order chi connectivity index (χ0) is 13.8. The number of nitrogens with one attached hydrogen (secondary N) is 1. The van der Waals surface area contributed by atoms with Crippen molar-refractivity contribution >= 4 is 33.6 Å². The molecule has 0 bridgehead atoms. The summed E-state index contributed by atoms with van der Waals surface area (Å²) in [5.74, 6) is 0. The van der Waals surface area contributed by atoms with Crippen LogP contribution in [0.4, 0.5) is 10.7 Å². The molecule has 5 nitrogen and oxygen atoms in total. The molecule has 7 heteroatoms. The predicted molar refractivity (Wildman–Crippen MR) is 74.5 cm³/mol. The molecule has 0 aliphatic rings. The van der Waals surface area contributed by atoms with Crippen LogP contribution in [0.3, 0.4) is 0 Å². The lowest BCUT2D eigenvalue weighted by Crippen LogP contribution is -1.98. The van der Waals surface area contributed by atoms with Crippen LogP contribution in [0.1, 0.15) is 11.1 Å². The summed E-state index contributed by atoms with van der Waals surface area (Å²) in [5, 5.41) is 24.7. The second-order valence-corrected chi connectivity index (χ2v) is 5.01. The van der Waals surface area contributed by atoms with Crippen molar-refractivity contribution in [1.29, 1.82) is 5.26 Å². The van der Waals surface area contributed by atoms with E-state index in [4.69, 9.17) is 16.9 Å². The monoisotopic (exact) mass is 293 g/mol. The van der Waals surface area contributed by atoms with Crippen molar-refractivity contribution in [2.24, 2.45) is 0 Å². The van der Waals surface area contributed by atoms with Gasteiger partial charge in [-0.05, 0) is 23.8 Å². The minimum Gasteiger partial charge on any atom is -0.381 e. The SMILES string of the molecule is N#Cc1cc(NCc2csc([N+](=O)[O-])c2)ccc1Cl. The maximum absolute atomic E-state index is 10.6. The summed E-state index contributed by atoms with van der Waals surface area (Å²) >= 11 is 6.92. The molecule has 0 atom stereocenters. The molecule has 96 valence electrons. The number of hydrogen-bond donors (Lipinski definition) is 1. The molecule has 0 amide bonds. The van der Waals surface area contributed by atoms with Crippen molar-refractivity contribution in [3.05, 3.63) is 55.9 Å². The molecule has 1 heterocycles. The van der Waals surface area contributed by atoms with Crippen LogP contribution in [0.25, 0.3) is 0 Å². The van der Waals surface area contributed by atoms with Gasteiger partial charge in [0.15, 0.2) is 0 Å². The van der Waals surface area contributed by atoms with Crippen LogP contribution in [-0.2, 0) is 6.54 Å². The Labute approximate surface area is 118 Å². The first-order valence-electron chi connectivity index (χ1n) is 5.25. The maximum atomic E-state index is 10.6. The summed E-state index contributed by atoms with van der Waals surface area (Å²) in [6, 6.07) is 8.55. The van der Waals surface area contributed by atoms with Gasteiger partial charge in [0.05, 0.1) is 15.5 Å². The van der Waals surface area contributed by atoms with Crippen LogP contribution >= 0.6 is 22.9 Å². The van der Waals surface area contributed by atoms with E-state index in [9.17, 15) is 10.1 Å². The molecule has 1 aromatic heterocycles. The van der Waals surface area contributed by atoms with E-state index in [1.807, 2.05) is 6.07 Å². The lowest BCUT2D eigenvalue weighted by molar-refractivity contribution is -0.380. The Morgan fingerprint density at radius 2 is 2.26 bits per heavy atom. The van der Waals surface area contributed by atoms with Crippen LogP contribution in [0.5, 0.6) is 0 Å². The Bertz CT molecular complexity index is 663. The van der Waals surface area contributed by atoms with Gasteiger partial charge in [0.25, 0.3) is 0 Å². The summed E-state index contributed by atoms with van der Waals surface area (Å²) in [7, 11) is 0. The second-order valence-electron chi connectivity index (χ2n) is 3.71. The van der Waals surface area contributed by atoms with Crippen LogP contribution in [-0.4, -0.2) is 4.92 Å². The summed E-state index contributed by atoms with van der Waals surface area (Å²) in [6.07, 6.45) is 0. The Morgan fingerprint density at radius 1 is 1.47 bits per heavy atom. The first kappa shape index (κ1) is 13.3. The second kappa shape index (κ2) is 5.69. The number of hydrogen-bond acceptors (Lipinski definition) is 5. The largest absolute Gasteiger partial charge is 0.381 e. The minimum absolute atomic E-state index is 0.116. The summed E-state index contributed by atoms with van der Waals surface area (Å²) in [6.45, 7) is 0.455. The number of anilines is 1. The molecule has 1 aromatic carbocycles. The van der Waals surface area contributed by atoms with Gasteiger partial charge in [0.1, 0.15) is 6.07 Å². The first-order valence-corrected chi connectivity index (χ1v) is 6.51. The van der Waals surface area contributed by atoms with Crippen LogP contribution < -0.4 is 5.32 Å². The topological polar surface area (TPSA) is 79.0 Å². The molecule has 2 aromatic rings. The standard InChI is InChI=1S/C12H8ClN3O2S/c13-11-2-1-10(4-9(11)5-14)15-6-8-3-12(16(17)18)19-7-8/h1-4,7,15H,6H2. The Morgan fingerprint density at radius 3 is 2.89 bits per heavy atom. The number of benzene rings is 1.